The average Bonchev–Trinajstić information content (AvgIpc) is 3.13. The number of anilines is 1. The number of aromatic nitrogens is 3. The number of hydrogen-bond donors (Lipinski definition) is 2. The molecule has 0 unspecified atom stereocenters. The molecule has 112 valence electrons. The van der Waals surface area contributed by atoms with E-state index in [1.165, 1.54) is 11.3 Å². The zero-order chi connectivity index (χ0) is 15.0. The van der Waals surface area contributed by atoms with Gasteiger partial charge in [-0.2, -0.15) is 10.1 Å². The number of thiophene rings is 1. The molecule has 0 spiro atoms. The number of nitrogens with one attached hydrogen (secondary N) is 2. The van der Waals surface area contributed by atoms with Gasteiger partial charge < -0.3 is 5.32 Å². The van der Waals surface area contributed by atoms with Crippen molar-refractivity contribution in [1.29, 1.82) is 0 Å². The summed E-state index contributed by atoms with van der Waals surface area (Å²) in [6, 6.07) is 1.87. The van der Waals surface area contributed by atoms with E-state index in [0.29, 0.717) is 19.6 Å². The van der Waals surface area contributed by atoms with Crippen LogP contribution in [0.3, 0.4) is 0 Å². The predicted octanol–water partition coefficient (Wildman–Crippen LogP) is 2.97. The highest BCUT2D eigenvalue weighted by atomic mass is 79.9. The number of halogens is 2. The van der Waals surface area contributed by atoms with Crippen molar-refractivity contribution < 1.29 is 4.79 Å². The number of nitrogens with zero attached hydrogens (tertiary/aromatic N) is 3. The average molecular weight is 391 g/mol. The first-order valence-corrected chi connectivity index (χ1v) is 8.44. The summed E-state index contributed by atoms with van der Waals surface area (Å²) in [6.07, 6.45) is 2.14. The Hall–Kier alpha value is -0.960. The number of carbonyl (C=O) groups excluding carboxylic acids is 1. The molecule has 1 atom stereocenters. The standard InChI is InChI=1S/C12H13BrClN5OS/c1-19-12(16-10(18-19)7-3-2-4-15-7)17-11(20)8-5-6(13)9(14)21-8/h5,7,15H,2-4H2,1H3,(H,16,17,18,20)/t7-/m1/s1. The van der Waals surface area contributed by atoms with Crippen LogP contribution < -0.4 is 10.6 Å². The summed E-state index contributed by atoms with van der Waals surface area (Å²) in [5.74, 6) is 0.911. The van der Waals surface area contributed by atoms with Gasteiger partial charge in [0.25, 0.3) is 5.91 Å². The Kier molecular flexibility index (Phi) is 4.30. The van der Waals surface area contributed by atoms with Crippen LogP contribution in [0.4, 0.5) is 5.95 Å². The number of aryl methyl sites for hydroxylation is 1. The van der Waals surface area contributed by atoms with Crippen LogP contribution in [0, 0.1) is 0 Å². The molecule has 9 heteroatoms. The number of carbonyl (C=O) groups is 1. The van der Waals surface area contributed by atoms with Gasteiger partial charge in [0.2, 0.25) is 5.95 Å². The van der Waals surface area contributed by atoms with E-state index in [0.717, 1.165) is 25.2 Å². The monoisotopic (exact) mass is 389 g/mol. The predicted molar refractivity (Wildman–Crippen MR) is 86.0 cm³/mol. The van der Waals surface area contributed by atoms with Gasteiger partial charge in [-0.05, 0) is 41.4 Å². The van der Waals surface area contributed by atoms with Crippen LogP contribution in [0.25, 0.3) is 0 Å². The van der Waals surface area contributed by atoms with Crippen LogP contribution in [-0.4, -0.2) is 27.2 Å². The second-order valence-electron chi connectivity index (χ2n) is 4.75. The van der Waals surface area contributed by atoms with E-state index < -0.39 is 0 Å². The quantitative estimate of drug-likeness (QED) is 0.845. The smallest absolute Gasteiger partial charge is 0.268 e. The van der Waals surface area contributed by atoms with Gasteiger partial charge in [-0.3, -0.25) is 10.1 Å². The van der Waals surface area contributed by atoms with Gasteiger partial charge in [0.1, 0.15) is 4.34 Å². The van der Waals surface area contributed by atoms with Gasteiger partial charge in [-0.15, -0.1) is 11.3 Å². The van der Waals surface area contributed by atoms with Crippen molar-refractivity contribution in [3.63, 3.8) is 0 Å². The maximum atomic E-state index is 12.2. The first-order valence-electron chi connectivity index (χ1n) is 6.45. The summed E-state index contributed by atoms with van der Waals surface area (Å²) < 4.78 is 2.85. The SMILES string of the molecule is Cn1nc([C@H]2CCCN2)nc1NC(=O)c1cc(Br)c(Cl)s1. The molecule has 1 aliphatic rings. The van der Waals surface area contributed by atoms with E-state index in [1.807, 2.05) is 0 Å². The van der Waals surface area contributed by atoms with Crippen molar-refractivity contribution in [2.45, 2.75) is 18.9 Å². The normalized spacial score (nSPS) is 18.1. The Morgan fingerprint density at radius 1 is 1.67 bits per heavy atom. The Morgan fingerprint density at radius 2 is 2.48 bits per heavy atom. The minimum absolute atomic E-state index is 0.173. The summed E-state index contributed by atoms with van der Waals surface area (Å²) in [5, 5.41) is 10.5. The Morgan fingerprint density at radius 3 is 3.10 bits per heavy atom. The molecule has 3 rings (SSSR count). The van der Waals surface area contributed by atoms with Crippen LogP contribution in [0.1, 0.15) is 34.4 Å². The first kappa shape index (κ1) is 15.0. The highest BCUT2D eigenvalue weighted by Crippen LogP contribution is 2.32. The Balaban J connectivity index is 1.76. The minimum atomic E-state index is -0.242. The molecule has 2 aromatic heterocycles. The summed E-state index contributed by atoms with van der Waals surface area (Å²) in [4.78, 5) is 17.1. The fourth-order valence-electron chi connectivity index (χ4n) is 2.19. The third kappa shape index (κ3) is 3.13. The lowest BCUT2D eigenvalue weighted by molar-refractivity contribution is 0.102. The van der Waals surface area contributed by atoms with Gasteiger partial charge in [0.15, 0.2) is 5.82 Å². The van der Waals surface area contributed by atoms with E-state index in [2.05, 4.69) is 36.6 Å². The van der Waals surface area contributed by atoms with Crippen molar-refractivity contribution in [2.75, 3.05) is 11.9 Å². The third-order valence-corrected chi connectivity index (χ3v) is 5.72. The molecule has 2 aromatic rings. The van der Waals surface area contributed by atoms with Crippen LogP contribution in [0.5, 0.6) is 0 Å². The fourth-order valence-corrected chi connectivity index (χ4v) is 3.78. The highest BCUT2D eigenvalue weighted by Gasteiger charge is 2.22. The van der Waals surface area contributed by atoms with Crippen molar-refractivity contribution in [1.82, 2.24) is 20.1 Å². The van der Waals surface area contributed by atoms with E-state index in [-0.39, 0.29) is 11.9 Å². The van der Waals surface area contributed by atoms with Crippen molar-refractivity contribution in [3.05, 3.63) is 25.6 Å². The van der Waals surface area contributed by atoms with Crippen LogP contribution in [0.15, 0.2) is 10.5 Å². The summed E-state index contributed by atoms with van der Waals surface area (Å²) >= 11 is 10.5. The molecule has 0 bridgehead atoms. The van der Waals surface area contributed by atoms with E-state index >= 15 is 0 Å². The van der Waals surface area contributed by atoms with Crippen LogP contribution >= 0.6 is 38.9 Å². The topological polar surface area (TPSA) is 71.8 Å². The number of amides is 1. The molecule has 1 fully saturated rings. The van der Waals surface area contributed by atoms with Gasteiger partial charge >= 0.3 is 0 Å². The van der Waals surface area contributed by atoms with Crippen molar-refractivity contribution >= 4 is 50.7 Å². The van der Waals surface area contributed by atoms with Gasteiger partial charge in [-0.25, -0.2) is 4.68 Å². The third-order valence-electron chi connectivity index (χ3n) is 3.25. The van der Waals surface area contributed by atoms with Gasteiger partial charge in [-0.1, -0.05) is 11.6 Å². The molecule has 1 aliphatic heterocycles. The van der Waals surface area contributed by atoms with Crippen LogP contribution in [-0.2, 0) is 7.05 Å². The molecule has 0 aliphatic carbocycles. The van der Waals surface area contributed by atoms with Crippen molar-refractivity contribution in [2.24, 2.45) is 7.05 Å². The second kappa shape index (κ2) is 6.04. The zero-order valence-corrected chi connectivity index (χ0v) is 14.3. The summed E-state index contributed by atoms with van der Waals surface area (Å²) in [6.45, 7) is 0.979. The Bertz CT molecular complexity index is 660. The molecule has 0 radical (unpaired) electrons. The molecule has 0 saturated carbocycles. The maximum absolute atomic E-state index is 12.2. The number of hydrogen-bond acceptors (Lipinski definition) is 5. The maximum Gasteiger partial charge on any atom is 0.268 e. The Labute approximate surface area is 139 Å². The summed E-state index contributed by atoms with van der Waals surface area (Å²) in [5.41, 5.74) is 0. The summed E-state index contributed by atoms with van der Waals surface area (Å²) in [7, 11) is 1.76. The molecular formula is C12H13BrClN5OS. The fraction of sp³-hybridized carbons (Fsp3) is 0.417. The van der Waals surface area contributed by atoms with E-state index in [9.17, 15) is 4.79 Å². The van der Waals surface area contributed by atoms with E-state index in [1.54, 1.807) is 17.8 Å². The van der Waals surface area contributed by atoms with Gasteiger partial charge in [0, 0.05) is 11.5 Å². The largest absolute Gasteiger partial charge is 0.307 e. The highest BCUT2D eigenvalue weighted by molar-refractivity contribution is 9.10. The lowest BCUT2D eigenvalue weighted by atomic mass is 10.2. The first-order chi connectivity index (χ1) is 10.0. The molecule has 1 amide bonds. The second-order valence-corrected chi connectivity index (χ2v) is 7.26. The lowest BCUT2D eigenvalue weighted by Crippen LogP contribution is -2.14. The van der Waals surface area contributed by atoms with Crippen LogP contribution in [0.2, 0.25) is 4.34 Å². The minimum Gasteiger partial charge on any atom is -0.307 e. The number of rotatable bonds is 3. The zero-order valence-electron chi connectivity index (χ0n) is 11.2. The van der Waals surface area contributed by atoms with E-state index in [4.69, 9.17) is 11.6 Å². The molecule has 21 heavy (non-hydrogen) atoms. The molecular weight excluding hydrogens is 378 g/mol. The molecule has 1 saturated heterocycles. The lowest BCUT2D eigenvalue weighted by Gasteiger charge is -2.02. The molecule has 0 aromatic carbocycles. The van der Waals surface area contributed by atoms with Crippen molar-refractivity contribution in [3.8, 4) is 0 Å². The molecule has 3 heterocycles. The molecule has 6 nitrogen and oxygen atoms in total. The van der Waals surface area contributed by atoms with Gasteiger partial charge in [0.05, 0.1) is 10.9 Å². The molecule has 2 N–H and O–H groups in total.